The number of hydrogen-bond acceptors (Lipinski definition) is 4. The van der Waals surface area contributed by atoms with E-state index in [9.17, 15) is 0 Å². The number of aryl methyl sites for hydroxylation is 1. The SMILES string of the molecule is Cc1cc(NCCCC(C)O)ncn1. The lowest BCUT2D eigenvalue weighted by molar-refractivity contribution is 0.183. The van der Waals surface area contributed by atoms with Gasteiger partial charge in [-0.05, 0) is 26.7 Å². The predicted octanol–water partition coefficient (Wildman–Crippen LogP) is 1.36. The van der Waals surface area contributed by atoms with Crippen molar-refractivity contribution in [3.05, 3.63) is 18.1 Å². The van der Waals surface area contributed by atoms with Crippen molar-refractivity contribution in [1.82, 2.24) is 9.97 Å². The second kappa shape index (κ2) is 5.54. The molecule has 1 unspecified atom stereocenters. The van der Waals surface area contributed by atoms with Gasteiger partial charge in [-0.25, -0.2) is 9.97 Å². The average molecular weight is 195 g/mol. The van der Waals surface area contributed by atoms with E-state index < -0.39 is 0 Å². The summed E-state index contributed by atoms with van der Waals surface area (Å²) in [5.74, 6) is 0.850. The van der Waals surface area contributed by atoms with Crippen LogP contribution in [0.2, 0.25) is 0 Å². The number of aliphatic hydroxyl groups is 1. The highest BCUT2D eigenvalue weighted by Gasteiger charge is 1.96. The fourth-order valence-electron chi connectivity index (χ4n) is 1.17. The van der Waals surface area contributed by atoms with Gasteiger partial charge in [0.15, 0.2) is 0 Å². The van der Waals surface area contributed by atoms with Crippen LogP contribution in [0.15, 0.2) is 12.4 Å². The lowest BCUT2D eigenvalue weighted by atomic mass is 10.2. The van der Waals surface area contributed by atoms with Gasteiger partial charge in [0.05, 0.1) is 6.10 Å². The molecule has 0 fully saturated rings. The average Bonchev–Trinajstić information content (AvgIpc) is 2.12. The number of hydrogen-bond donors (Lipinski definition) is 2. The zero-order valence-electron chi connectivity index (χ0n) is 8.70. The Labute approximate surface area is 84.4 Å². The Morgan fingerprint density at radius 1 is 1.50 bits per heavy atom. The van der Waals surface area contributed by atoms with Crippen molar-refractivity contribution in [2.24, 2.45) is 0 Å². The molecule has 14 heavy (non-hydrogen) atoms. The summed E-state index contributed by atoms with van der Waals surface area (Å²) >= 11 is 0. The Kier molecular flexibility index (Phi) is 4.32. The van der Waals surface area contributed by atoms with Crippen molar-refractivity contribution < 1.29 is 5.11 Å². The van der Waals surface area contributed by atoms with Gasteiger partial charge in [0.25, 0.3) is 0 Å². The maximum atomic E-state index is 9.04. The quantitative estimate of drug-likeness (QED) is 0.696. The van der Waals surface area contributed by atoms with Crippen LogP contribution in [0.25, 0.3) is 0 Å². The summed E-state index contributed by atoms with van der Waals surface area (Å²) in [6.07, 6.45) is 3.09. The van der Waals surface area contributed by atoms with E-state index in [0.717, 1.165) is 30.9 Å². The Balaban J connectivity index is 2.25. The molecule has 0 aromatic carbocycles. The minimum atomic E-state index is -0.219. The summed E-state index contributed by atoms with van der Waals surface area (Å²) in [5, 5.41) is 12.2. The molecule has 2 N–H and O–H groups in total. The van der Waals surface area contributed by atoms with Crippen molar-refractivity contribution in [3.63, 3.8) is 0 Å². The summed E-state index contributed by atoms with van der Waals surface area (Å²) in [6, 6.07) is 1.91. The first kappa shape index (κ1) is 10.9. The molecule has 1 atom stereocenters. The van der Waals surface area contributed by atoms with Crippen LogP contribution in [0.4, 0.5) is 5.82 Å². The maximum Gasteiger partial charge on any atom is 0.129 e. The van der Waals surface area contributed by atoms with Gasteiger partial charge in [0.2, 0.25) is 0 Å². The molecule has 0 saturated carbocycles. The Hall–Kier alpha value is -1.16. The van der Waals surface area contributed by atoms with Gasteiger partial charge in [-0.2, -0.15) is 0 Å². The lowest BCUT2D eigenvalue weighted by Gasteiger charge is -2.06. The van der Waals surface area contributed by atoms with Crippen LogP contribution in [0.5, 0.6) is 0 Å². The van der Waals surface area contributed by atoms with Gasteiger partial charge in [0.1, 0.15) is 12.1 Å². The highest BCUT2D eigenvalue weighted by atomic mass is 16.3. The highest BCUT2D eigenvalue weighted by Crippen LogP contribution is 2.03. The van der Waals surface area contributed by atoms with Gasteiger partial charge in [-0.1, -0.05) is 0 Å². The monoisotopic (exact) mass is 195 g/mol. The molecule has 0 aliphatic rings. The Bertz CT molecular complexity index is 276. The summed E-state index contributed by atoms with van der Waals surface area (Å²) in [6.45, 7) is 4.57. The minimum Gasteiger partial charge on any atom is -0.393 e. The molecule has 4 nitrogen and oxygen atoms in total. The van der Waals surface area contributed by atoms with Crippen LogP contribution in [0.1, 0.15) is 25.5 Å². The summed E-state index contributed by atoms with van der Waals surface area (Å²) < 4.78 is 0. The predicted molar refractivity (Wildman–Crippen MR) is 56.2 cm³/mol. The molecule has 0 spiro atoms. The van der Waals surface area contributed by atoms with Crippen LogP contribution >= 0.6 is 0 Å². The normalized spacial score (nSPS) is 12.5. The Morgan fingerprint density at radius 3 is 2.93 bits per heavy atom. The van der Waals surface area contributed by atoms with Crippen molar-refractivity contribution in [3.8, 4) is 0 Å². The van der Waals surface area contributed by atoms with Crippen LogP contribution in [-0.2, 0) is 0 Å². The van der Waals surface area contributed by atoms with Gasteiger partial charge in [-0.15, -0.1) is 0 Å². The molecule has 0 radical (unpaired) electrons. The first-order chi connectivity index (χ1) is 6.68. The van der Waals surface area contributed by atoms with E-state index in [0.29, 0.717) is 0 Å². The third-order valence-electron chi connectivity index (χ3n) is 1.91. The van der Waals surface area contributed by atoms with E-state index in [-0.39, 0.29) is 6.10 Å². The minimum absolute atomic E-state index is 0.219. The zero-order valence-corrected chi connectivity index (χ0v) is 8.70. The number of aliphatic hydroxyl groups excluding tert-OH is 1. The molecule has 1 heterocycles. The second-order valence-electron chi connectivity index (χ2n) is 3.46. The smallest absolute Gasteiger partial charge is 0.129 e. The van der Waals surface area contributed by atoms with E-state index in [1.165, 1.54) is 0 Å². The number of rotatable bonds is 5. The molecule has 78 valence electrons. The molecule has 0 aliphatic heterocycles. The van der Waals surface area contributed by atoms with Crippen molar-refractivity contribution >= 4 is 5.82 Å². The lowest BCUT2D eigenvalue weighted by Crippen LogP contribution is -2.07. The number of nitrogens with one attached hydrogen (secondary N) is 1. The third-order valence-corrected chi connectivity index (χ3v) is 1.91. The molecule has 0 bridgehead atoms. The second-order valence-corrected chi connectivity index (χ2v) is 3.46. The number of aromatic nitrogens is 2. The molecular weight excluding hydrogens is 178 g/mol. The summed E-state index contributed by atoms with van der Waals surface area (Å²) in [5.41, 5.74) is 0.957. The molecule has 1 rings (SSSR count). The molecule has 1 aromatic heterocycles. The largest absolute Gasteiger partial charge is 0.393 e. The highest BCUT2D eigenvalue weighted by molar-refractivity contribution is 5.33. The van der Waals surface area contributed by atoms with Crippen molar-refractivity contribution in [2.75, 3.05) is 11.9 Å². The number of nitrogens with zero attached hydrogens (tertiary/aromatic N) is 2. The van der Waals surface area contributed by atoms with Gasteiger partial charge < -0.3 is 10.4 Å². The van der Waals surface area contributed by atoms with E-state index >= 15 is 0 Å². The van der Waals surface area contributed by atoms with Gasteiger partial charge >= 0.3 is 0 Å². The molecule has 4 heteroatoms. The molecule has 0 aliphatic carbocycles. The van der Waals surface area contributed by atoms with Crippen LogP contribution in [0.3, 0.4) is 0 Å². The fraction of sp³-hybridized carbons (Fsp3) is 0.600. The van der Waals surface area contributed by atoms with Crippen molar-refractivity contribution in [2.45, 2.75) is 32.8 Å². The number of anilines is 1. The maximum absolute atomic E-state index is 9.04. The Morgan fingerprint density at radius 2 is 2.29 bits per heavy atom. The van der Waals surface area contributed by atoms with Gasteiger partial charge in [0, 0.05) is 18.3 Å². The van der Waals surface area contributed by atoms with E-state index in [1.54, 1.807) is 13.3 Å². The van der Waals surface area contributed by atoms with E-state index in [4.69, 9.17) is 5.11 Å². The van der Waals surface area contributed by atoms with E-state index in [1.807, 2.05) is 13.0 Å². The van der Waals surface area contributed by atoms with Crippen molar-refractivity contribution in [1.29, 1.82) is 0 Å². The first-order valence-electron chi connectivity index (χ1n) is 4.89. The molecule has 0 saturated heterocycles. The molecular formula is C10H17N3O. The summed E-state index contributed by atoms with van der Waals surface area (Å²) in [7, 11) is 0. The third kappa shape index (κ3) is 4.18. The summed E-state index contributed by atoms with van der Waals surface area (Å²) in [4.78, 5) is 8.08. The standard InChI is InChI=1S/C10H17N3O/c1-8-6-10(13-7-12-8)11-5-3-4-9(2)14/h6-7,9,14H,3-5H2,1-2H3,(H,11,12,13). The molecule has 0 amide bonds. The van der Waals surface area contributed by atoms with Gasteiger partial charge in [-0.3, -0.25) is 0 Å². The molecule has 1 aromatic rings. The fourth-order valence-corrected chi connectivity index (χ4v) is 1.17. The van der Waals surface area contributed by atoms with E-state index in [2.05, 4.69) is 15.3 Å². The van der Waals surface area contributed by atoms with Crippen LogP contribution < -0.4 is 5.32 Å². The topological polar surface area (TPSA) is 58.0 Å². The zero-order chi connectivity index (χ0) is 10.4. The van der Waals surface area contributed by atoms with Crippen LogP contribution in [0, 0.1) is 6.92 Å². The first-order valence-corrected chi connectivity index (χ1v) is 4.89. The van der Waals surface area contributed by atoms with Crippen LogP contribution in [-0.4, -0.2) is 27.7 Å².